The number of carbonyl (C=O) groups excluding carboxylic acids is 1. The molecule has 1 aromatic heterocycles. The van der Waals surface area contributed by atoms with Crippen molar-refractivity contribution < 1.29 is 9.63 Å². The lowest BCUT2D eigenvalue weighted by molar-refractivity contribution is -0.120. The highest BCUT2D eigenvalue weighted by molar-refractivity contribution is 9.10. The van der Waals surface area contributed by atoms with Crippen molar-refractivity contribution in [2.45, 2.75) is 19.3 Å². The molecule has 1 aliphatic heterocycles. The second kappa shape index (κ2) is 7.92. The van der Waals surface area contributed by atoms with E-state index in [0.717, 1.165) is 23.0 Å². The highest BCUT2D eigenvalue weighted by atomic mass is 79.9. The number of hydrogen-bond donors (Lipinski definition) is 1. The summed E-state index contributed by atoms with van der Waals surface area (Å²) < 4.78 is 0.862. The highest BCUT2D eigenvalue weighted by Crippen LogP contribution is 2.15. The zero-order chi connectivity index (χ0) is 15.1. The molecule has 2 rings (SSSR count). The summed E-state index contributed by atoms with van der Waals surface area (Å²) in [6.07, 6.45) is 5.61. The number of nitrogens with zero attached hydrogens (tertiary/aromatic N) is 4. The summed E-state index contributed by atoms with van der Waals surface area (Å²) >= 11 is 3.30. The van der Waals surface area contributed by atoms with E-state index in [2.05, 4.69) is 36.4 Å². The number of amides is 1. The highest BCUT2D eigenvalue weighted by Gasteiger charge is 2.24. The Morgan fingerprint density at radius 3 is 2.81 bits per heavy atom. The maximum absolute atomic E-state index is 11.0. The van der Waals surface area contributed by atoms with E-state index in [1.165, 1.54) is 0 Å². The molecule has 1 saturated heterocycles. The summed E-state index contributed by atoms with van der Waals surface area (Å²) in [6.45, 7) is 1.93. The molecule has 0 aromatic carbocycles. The summed E-state index contributed by atoms with van der Waals surface area (Å²) in [5.41, 5.74) is 0.979. The van der Waals surface area contributed by atoms with Crippen LogP contribution in [0.1, 0.15) is 19.3 Å². The van der Waals surface area contributed by atoms with Crippen molar-refractivity contribution in [1.29, 1.82) is 0 Å². The first kappa shape index (κ1) is 15.7. The van der Waals surface area contributed by atoms with E-state index in [9.17, 15) is 4.79 Å². The molecule has 0 atom stereocenters. The van der Waals surface area contributed by atoms with Crippen molar-refractivity contribution in [1.82, 2.24) is 15.3 Å². The van der Waals surface area contributed by atoms with Crippen LogP contribution in [0.25, 0.3) is 0 Å². The van der Waals surface area contributed by atoms with Crippen LogP contribution in [0.3, 0.4) is 0 Å². The van der Waals surface area contributed by atoms with Gasteiger partial charge >= 0.3 is 0 Å². The van der Waals surface area contributed by atoms with Gasteiger partial charge in [-0.25, -0.2) is 9.97 Å². The van der Waals surface area contributed by atoms with Gasteiger partial charge in [-0.2, -0.15) is 0 Å². The minimum Gasteiger partial charge on any atom is -0.396 e. The molecule has 8 heteroatoms. The minimum atomic E-state index is 0.0606. The summed E-state index contributed by atoms with van der Waals surface area (Å²) in [7, 11) is 1.64. The molecule has 1 aromatic rings. The van der Waals surface area contributed by atoms with Crippen LogP contribution in [-0.4, -0.2) is 48.3 Å². The average molecular weight is 356 g/mol. The van der Waals surface area contributed by atoms with Crippen LogP contribution in [0, 0.1) is 0 Å². The Bertz CT molecular complexity index is 498. The van der Waals surface area contributed by atoms with Crippen LogP contribution in [0.4, 0.5) is 5.95 Å². The predicted octanol–water partition coefficient (Wildman–Crippen LogP) is 1.35. The third-order valence-electron chi connectivity index (χ3n) is 3.00. The molecule has 0 saturated carbocycles. The maximum atomic E-state index is 11.0. The zero-order valence-corrected chi connectivity index (χ0v) is 13.5. The van der Waals surface area contributed by atoms with Crippen LogP contribution in [0.2, 0.25) is 0 Å². The molecular formula is C13H18BrN5O2. The number of carbonyl (C=O) groups is 1. The van der Waals surface area contributed by atoms with E-state index >= 15 is 0 Å². The second-order valence-electron chi connectivity index (χ2n) is 4.68. The lowest BCUT2D eigenvalue weighted by atomic mass is 10.2. The largest absolute Gasteiger partial charge is 0.396 e. The number of anilines is 1. The molecule has 114 valence electrons. The molecule has 0 unspecified atom stereocenters. The Morgan fingerprint density at radius 1 is 1.43 bits per heavy atom. The molecule has 1 amide bonds. The van der Waals surface area contributed by atoms with E-state index in [1.807, 2.05) is 4.90 Å². The van der Waals surface area contributed by atoms with E-state index in [1.54, 1.807) is 19.4 Å². The smallest absolute Gasteiger partial charge is 0.226 e. The molecule has 1 fully saturated rings. The van der Waals surface area contributed by atoms with Crippen LogP contribution in [-0.2, 0) is 9.63 Å². The topological polar surface area (TPSA) is 79.7 Å². The van der Waals surface area contributed by atoms with Crippen LogP contribution in [0.15, 0.2) is 22.0 Å². The summed E-state index contributed by atoms with van der Waals surface area (Å²) in [5, 5.41) is 6.66. The van der Waals surface area contributed by atoms with E-state index in [4.69, 9.17) is 4.84 Å². The standard InChI is InChI=1S/C13H18BrN5O2/c1-15-12(20)4-2-3-5-21-18-11-8-19(9-11)13-16-6-10(14)7-17-13/h6-7H,2-5,8-9H2,1H3,(H,15,20). The van der Waals surface area contributed by atoms with Gasteiger partial charge in [-0.3, -0.25) is 4.79 Å². The zero-order valence-electron chi connectivity index (χ0n) is 11.9. The number of aromatic nitrogens is 2. The van der Waals surface area contributed by atoms with Gasteiger partial charge in [0.1, 0.15) is 6.61 Å². The Balaban J connectivity index is 1.59. The van der Waals surface area contributed by atoms with Gasteiger partial charge in [0.05, 0.1) is 23.3 Å². The number of rotatable bonds is 7. The van der Waals surface area contributed by atoms with Crippen molar-refractivity contribution in [2.24, 2.45) is 5.16 Å². The van der Waals surface area contributed by atoms with Crippen LogP contribution >= 0.6 is 15.9 Å². The second-order valence-corrected chi connectivity index (χ2v) is 5.59. The van der Waals surface area contributed by atoms with Gasteiger partial charge in [-0.15, -0.1) is 0 Å². The van der Waals surface area contributed by atoms with Crippen LogP contribution in [0.5, 0.6) is 0 Å². The van der Waals surface area contributed by atoms with Crippen molar-refractivity contribution >= 4 is 33.5 Å². The molecule has 7 nitrogen and oxygen atoms in total. The molecule has 1 aliphatic rings. The molecule has 21 heavy (non-hydrogen) atoms. The first-order chi connectivity index (χ1) is 10.2. The quantitative estimate of drug-likeness (QED) is 0.589. The Hall–Kier alpha value is -1.70. The van der Waals surface area contributed by atoms with Crippen LogP contribution < -0.4 is 10.2 Å². The normalized spacial score (nSPS) is 13.6. The first-order valence-corrected chi connectivity index (χ1v) is 7.59. The Kier molecular flexibility index (Phi) is 5.91. The lowest BCUT2D eigenvalue weighted by Crippen LogP contribution is -2.48. The fourth-order valence-corrected chi connectivity index (χ4v) is 1.98. The molecule has 0 bridgehead atoms. The van der Waals surface area contributed by atoms with Crippen molar-refractivity contribution in [3.05, 3.63) is 16.9 Å². The number of unbranched alkanes of at least 4 members (excludes halogenated alkanes) is 1. The molecule has 0 spiro atoms. The first-order valence-electron chi connectivity index (χ1n) is 6.80. The maximum Gasteiger partial charge on any atom is 0.226 e. The van der Waals surface area contributed by atoms with E-state index in [-0.39, 0.29) is 5.91 Å². The van der Waals surface area contributed by atoms with Gasteiger partial charge in [0.15, 0.2) is 0 Å². The van der Waals surface area contributed by atoms with Gasteiger partial charge in [0, 0.05) is 25.9 Å². The Morgan fingerprint density at radius 2 is 2.14 bits per heavy atom. The molecule has 2 heterocycles. The van der Waals surface area contributed by atoms with Gasteiger partial charge in [-0.05, 0) is 28.8 Å². The van der Waals surface area contributed by atoms with Crippen molar-refractivity contribution in [2.75, 3.05) is 31.6 Å². The predicted molar refractivity (Wildman–Crippen MR) is 83.2 cm³/mol. The lowest BCUT2D eigenvalue weighted by Gasteiger charge is -2.31. The Labute approximate surface area is 131 Å². The number of oxime groups is 1. The third-order valence-corrected chi connectivity index (χ3v) is 3.41. The number of hydrogen-bond acceptors (Lipinski definition) is 6. The average Bonchev–Trinajstić information content (AvgIpc) is 2.45. The fourth-order valence-electron chi connectivity index (χ4n) is 1.78. The van der Waals surface area contributed by atoms with Crippen molar-refractivity contribution in [3.63, 3.8) is 0 Å². The SMILES string of the molecule is CNC(=O)CCCCON=C1CN(c2ncc(Br)cn2)C1. The van der Waals surface area contributed by atoms with Gasteiger partial charge in [0.25, 0.3) is 0 Å². The molecule has 1 N–H and O–H groups in total. The number of halogens is 1. The summed E-state index contributed by atoms with van der Waals surface area (Å²) in [5.74, 6) is 0.758. The van der Waals surface area contributed by atoms with Gasteiger partial charge in [-0.1, -0.05) is 5.16 Å². The third kappa shape index (κ3) is 4.96. The summed E-state index contributed by atoms with van der Waals surface area (Å²) in [4.78, 5) is 26.7. The fraction of sp³-hybridized carbons (Fsp3) is 0.538. The molecular weight excluding hydrogens is 338 g/mol. The van der Waals surface area contributed by atoms with E-state index < -0.39 is 0 Å². The minimum absolute atomic E-state index is 0.0606. The molecule has 0 radical (unpaired) electrons. The van der Waals surface area contributed by atoms with Gasteiger partial charge < -0.3 is 15.1 Å². The monoisotopic (exact) mass is 355 g/mol. The number of nitrogens with one attached hydrogen (secondary N) is 1. The van der Waals surface area contributed by atoms with E-state index in [0.29, 0.717) is 32.1 Å². The van der Waals surface area contributed by atoms with Crippen molar-refractivity contribution in [3.8, 4) is 0 Å². The molecule has 0 aliphatic carbocycles. The van der Waals surface area contributed by atoms with Gasteiger partial charge in [0.2, 0.25) is 11.9 Å². The summed E-state index contributed by atoms with van der Waals surface area (Å²) in [6, 6.07) is 0.